The van der Waals surface area contributed by atoms with Crippen LogP contribution in [0.25, 0.3) is 0 Å². The van der Waals surface area contributed by atoms with E-state index in [1.165, 1.54) is 23.1 Å². The molecule has 1 amide bonds. The molecular formula is C18H21N5O3S2. The Bertz CT molecular complexity index is 914. The number of hydrogen-bond acceptors (Lipinski definition) is 8. The highest BCUT2D eigenvalue weighted by atomic mass is 32.2. The molecule has 2 aromatic heterocycles. The summed E-state index contributed by atoms with van der Waals surface area (Å²) in [5, 5.41) is 14.0. The average Bonchev–Trinajstić information content (AvgIpc) is 3.36. The normalized spacial score (nSPS) is 11.8. The van der Waals surface area contributed by atoms with Crippen LogP contribution in [0.2, 0.25) is 0 Å². The molecular weight excluding hydrogens is 398 g/mol. The smallest absolute Gasteiger partial charge is 0.239 e. The van der Waals surface area contributed by atoms with Gasteiger partial charge in [-0.3, -0.25) is 4.79 Å². The van der Waals surface area contributed by atoms with Crippen LogP contribution in [-0.2, 0) is 17.9 Å². The van der Waals surface area contributed by atoms with Crippen LogP contribution in [-0.4, -0.2) is 38.0 Å². The Morgan fingerprint density at radius 1 is 1.32 bits per heavy atom. The van der Waals surface area contributed by atoms with Gasteiger partial charge in [-0.05, 0) is 26.0 Å². The first-order valence-corrected chi connectivity index (χ1v) is 10.4. The van der Waals surface area contributed by atoms with Gasteiger partial charge in [-0.15, -0.1) is 21.5 Å². The maximum Gasteiger partial charge on any atom is 0.239 e. The fourth-order valence-electron chi connectivity index (χ4n) is 2.41. The molecule has 0 fully saturated rings. The van der Waals surface area contributed by atoms with E-state index < -0.39 is 0 Å². The van der Waals surface area contributed by atoms with E-state index in [1.807, 2.05) is 48.1 Å². The number of aromatic nitrogens is 4. The summed E-state index contributed by atoms with van der Waals surface area (Å²) < 4.78 is 13.1. The van der Waals surface area contributed by atoms with Crippen molar-refractivity contribution in [3.63, 3.8) is 0 Å². The minimum absolute atomic E-state index is 0.127. The number of para-hydroxylation sites is 2. The number of nitrogens with one attached hydrogen (secondary N) is 1. The molecule has 0 saturated heterocycles. The second-order valence-electron chi connectivity index (χ2n) is 5.67. The second kappa shape index (κ2) is 9.56. The Morgan fingerprint density at radius 2 is 2.11 bits per heavy atom. The van der Waals surface area contributed by atoms with E-state index in [-0.39, 0.29) is 17.8 Å². The maximum atomic E-state index is 12.3. The number of nitrogens with zero attached hydrogens (tertiary/aromatic N) is 4. The molecule has 1 atom stereocenters. The molecule has 28 heavy (non-hydrogen) atoms. The third-order valence-electron chi connectivity index (χ3n) is 3.85. The molecule has 3 aromatic rings. The summed E-state index contributed by atoms with van der Waals surface area (Å²) in [5.74, 6) is 1.86. The van der Waals surface area contributed by atoms with Gasteiger partial charge in [0.1, 0.15) is 6.61 Å². The fourth-order valence-corrected chi connectivity index (χ4v) is 3.88. The standard InChI is InChI=1S/C18H21N5O3S2/c1-4-23-15(11-26-14-8-6-5-7-13(14)25-3)21-22-18(23)28-12(2)16(24)20-17-19-9-10-27-17/h5-10,12H,4,11H2,1-3H3,(H,19,20,24)/t12-/m1/s1. The summed E-state index contributed by atoms with van der Waals surface area (Å²) >= 11 is 2.73. The van der Waals surface area contributed by atoms with Crippen LogP contribution >= 0.6 is 23.1 Å². The summed E-state index contributed by atoms with van der Waals surface area (Å²) in [6.45, 7) is 4.75. The van der Waals surface area contributed by atoms with Crippen LogP contribution < -0.4 is 14.8 Å². The maximum absolute atomic E-state index is 12.3. The van der Waals surface area contributed by atoms with Gasteiger partial charge < -0.3 is 19.4 Å². The number of carbonyl (C=O) groups excluding carboxylic acids is 1. The molecule has 0 radical (unpaired) electrons. The van der Waals surface area contributed by atoms with Gasteiger partial charge in [-0.1, -0.05) is 23.9 Å². The molecule has 0 spiro atoms. The van der Waals surface area contributed by atoms with Crippen LogP contribution in [0, 0.1) is 0 Å². The van der Waals surface area contributed by atoms with E-state index in [0.717, 1.165) is 0 Å². The zero-order valence-electron chi connectivity index (χ0n) is 15.8. The molecule has 0 aliphatic rings. The van der Waals surface area contributed by atoms with Crippen molar-refractivity contribution in [3.05, 3.63) is 41.7 Å². The minimum Gasteiger partial charge on any atom is -0.493 e. The lowest BCUT2D eigenvalue weighted by atomic mass is 10.3. The SMILES string of the molecule is CCn1c(COc2ccccc2OC)nnc1S[C@H](C)C(=O)Nc1nccs1. The van der Waals surface area contributed by atoms with Gasteiger partial charge in [0, 0.05) is 18.1 Å². The van der Waals surface area contributed by atoms with E-state index in [2.05, 4.69) is 20.5 Å². The number of carbonyl (C=O) groups is 1. The minimum atomic E-state index is -0.346. The molecule has 0 unspecified atom stereocenters. The Labute approximate surface area is 171 Å². The predicted molar refractivity (Wildman–Crippen MR) is 109 cm³/mol. The number of thiazole rings is 1. The Balaban J connectivity index is 1.65. The first-order chi connectivity index (χ1) is 13.6. The van der Waals surface area contributed by atoms with Crippen LogP contribution in [0.4, 0.5) is 5.13 Å². The second-order valence-corrected chi connectivity index (χ2v) is 7.87. The highest BCUT2D eigenvalue weighted by Crippen LogP contribution is 2.28. The Kier molecular flexibility index (Phi) is 6.88. The van der Waals surface area contributed by atoms with Gasteiger partial charge in [0.15, 0.2) is 27.6 Å². The van der Waals surface area contributed by atoms with Crippen molar-refractivity contribution in [2.75, 3.05) is 12.4 Å². The highest BCUT2D eigenvalue weighted by molar-refractivity contribution is 8.00. The largest absolute Gasteiger partial charge is 0.493 e. The molecule has 10 heteroatoms. The van der Waals surface area contributed by atoms with Crippen LogP contribution in [0.15, 0.2) is 41.0 Å². The summed E-state index contributed by atoms with van der Waals surface area (Å²) in [5.41, 5.74) is 0. The van der Waals surface area contributed by atoms with Crippen molar-refractivity contribution < 1.29 is 14.3 Å². The lowest BCUT2D eigenvalue weighted by molar-refractivity contribution is -0.115. The molecule has 3 rings (SSSR count). The van der Waals surface area contributed by atoms with E-state index in [0.29, 0.717) is 34.2 Å². The van der Waals surface area contributed by atoms with Gasteiger partial charge in [-0.2, -0.15) is 0 Å². The third kappa shape index (κ3) is 4.82. The van der Waals surface area contributed by atoms with Crippen molar-refractivity contribution in [2.45, 2.75) is 37.4 Å². The van der Waals surface area contributed by atoms with E-state index >= 15 is 0 Å². The number of hydrogen-bond donors (Lipinski definition) is 1. The number of amides is 1. The van der Waals surface area contributed by atoms with Crippen molar-refractivity contribution in [1.82, 2.24) is 19.7 Å². The number of anilines is 1. The van der Waals surface area contributed by atoms with Crippen molar-refractivity contribution in [1.29, 1.82) is 0 Å². The molecule has 0 aliphatic carbocycles. The summed E-state index contributed by atoms with van der Waals surface area (Å²) in [4.78, 5) is 16.4. The number of rotatable bonds is 9. The zero-order chi connectivity index (χ0) is 19.9. The summed E-state index contributed by atoms with van der Waals surface area (Å²) in [7, 11) is 1.60. The number of benzene rings is 1. The molecule has 148 valence electrons. The summed E-state index contributed by atoms with van der Waals surface area (Å²) in [6, 6.07) is 7.44. The summed E-state index contributed by atoms with van der Waals surface area (Å²) in [6.07, 6.45) is 1.65. The molecule has 1 N–H and O–H groups in total. The lowest BCUT2D eigenvalue weighted by Gasteiger charge is -2.13. The van der Waals surface area contributed by atoms with Gasteiger partial charge in [-0.25, -0.2) is 4.98 Å². The van der Waals surface area contributed by atoms with E-state index in [9.17, 15) is 4.79 Å². The topological polar surface area (TPSA) is 91.2 Å². The first-order valence-electron chi connectivity index (χ1n) is 8.67. The van der Waals surface area contributed by atoms with Crippen LogP contribution in [0.1, 0.15) is 19.7 Å². The van der Waals surface area contributed by atoms with Crippen LogP contribution in [0.5, 0.6) is 11.5 Å². The Hall–Kier alpha value is -2.59. The average molecular weight is 420 g/mol. The number of ether oxygens (including phenoxy) is 2. The van der Waals surface area contributed by atoms with Crippen molar-refractivity contribution >= 4 is 34.1 Å². The fraction of sp³-hybridized carbons (Fsp3) is 0.333. The Morgan fingerprint density at radius 3 is 2.79 bits per heavy atom. The molecule has 2 heterocycles. The number of methoxy groups -OCH3 is 1. The monoisotopic (exact) mass is 419 g/mol. The molecule has 1 aromatic carbocycles. The van der Waals surface area contributed by atoms with Gasteiger partial charge in [0.2, 0.25) is 5.91 Å². The van der Waals surface area contributed by atoms with Gasteiger partial charge in [0.25, 0.3) is 0 Å². The quantitative estimate of drug-likeness (QED) is 0.531. The lowest BCUT2D eigenvalue weighted by Crippen LogP contribution is -2.22. The molecule has 8 nitrogen and oxygen atoms in total. The predicted octanol–water partition coefficient (Wildman–Crippen LogP) is 3.46. The highest BCUT2D eigenvalue weighted by Gasteiger charge is 2.20. The van der Waals surface area contributed by atoms with Gasteiger partial charge >= 0.3 is 0 Å². The number of thioether (sulfide) groups is 1. The zero-order valence-corrected chi connectivity index (χ0v) is 17.4. The third-order valence-corrected chi connectivity index (χ3v) is 5.62. The molecule has 0 bridgehead atoms. The van der Waals surface area contributed by atoms with E-state index in [4.69, 9.17) is 9.47 Å². The molecule has 0 aliphatic heterocycles. The first kappa shape index (κ1) is 20.2. The van der Waals surface area contributed by atoms with E-state index in [1.54, 1.807) is 13.3 Å². The van der Waals surface area contributed by atoms with Gasteiger partial charge in [0.05, 0.1) is 12.4 Å². The van der Waals surface area contributed by atoms with Crippen LogP contribution in [0.3, 0.4) is 0 Å². The molecule has 0 saturated carbocycles. The van der Waals surface area contributed by atoms with Crippen molar-refractivity contribution in [2.24, 2.45) is 0 Å². The van der Waals surface area contributed by atoms with Crippen molar-refractivity contribution in [3.8, 4) is 11.5 Å².